The molecule has 0 aromatic rings. The van der Waals surface area contributed by atoms with E-state index < -0.39 is 0 Å². The first-order valence-corrected chi connectivity index (χ1v) is 6.95. The Morgan fingerprint density at radius 1 is 1.17 bits per heavy atom. The van der Waals surface area contributed by atoms with Gasteiger partial charge in [0.25, 0.3) is 0 Å². The second-order valence-corrected chi connectivity index (χ2v) is 4.58. The van der Waals surface area contributed by atoms with E-state index in [2.05, 4.69) is 5.32 Å². The molecule has 1 rings (SSSR count). The van der Waals surface area contributed by atoms with Crippen molar-refractivity contribution in [2.45, 2.75) is 33.1 Å². The fourth-order valence-electron chi connectivity index (χ4n) is 2.20. The Morgan fingerprint density at radius 2 is 1.78 bits per heavy atom. The number of carbonyl (C=O) groups excluding carboxylic acids is 2. The van der Waals surface area contributed by atoms with E-state index in [0.717, 1.165) is 39.0 Å². The minimum Gasteiger partial charge on any atom is -0.343 e. The highest BCUT2D eigenvalue weighted by Gasteiger charge is 2.17. The van der Waals surface area contributed by atoms with Crippen molar-refractivity contribution in [2.75, 3.05) is 39.3 Å². The lowest BCUT2D eigenvalue weighted by Gasteiger charge is -2.19. The van der Waals surface area contributed by atoms with Gasteiger partial charge in [-0.25, -0.2) is 0 Å². The maximum absolute atomic E-state index is 11.7. The van der Waals surface area contributed by atoms with Crippen molar-refractivity contribution in [3.05, 3.63) is 0 Å². The molecule has 5 heteroatoms. The number of carbonyl (C=O) groups is 2. The zero-order valence-electron chi connectivity index (χ0n) is 11.6. The monoisotopic (exact) mass is 255 g/mol. The molecule has 0 aromatic heterocycles. The van der Waals surface area contributed by atoms with Crippen molar-refractivity contribution >= 4 is 11.8 Å². The number of amides is 2. The van der Waals surface area contributed by atoms with Crippen LogP contribution in [0.3, 0.4) is 0 Å². The third-order valence-electron chi connectivity index (χ3n) is 3.37. The molecular weight excluding hydrogens is 230 g/mol. The molecule has 0 radical (unpaired) electrons. The highest BCUT2D eigenvalue weighted by Crippen LogP contribution is 2.06. The Kier molecular flexibility index (Phi) is 6.72. The predicted molar refractivity (Wildman–Crippen MR) is 71.2 cm³/mol. The lowest BCUT2D eigenvalue weighted by Crippen LogP contribution is -2.38. The first-order valence-electron chi connectivity index (χ1n) is 6.95. The molecule has 0 spiro atoms. The zero-order chi connectivity index (χ0) is 13.4. The Morgan fingerprint density at radius 3 is 2.33 bits per heavy atom. The number of rotatable bonds is 7. The number of hydrogen-bond donors (Lipinski definition) is 1. The van der Waals surface area contributed by atoms with E-state index in [-0.39, 0.29) is 11.8 Å². The average molecular weight is 255 g/mol. The summed E-state index contributed by atoms with van der Waals surface area (Å²) in [7, 11) is 0. The summed E-state index contributed by atoms with van der Waals surface area (Å²) in [5.74, 6) is 0.309. The highest BCUT2D eigenvalue weighted by molar-refractivity contribution is 5.79. The molecule has 0 atom stereocenters. The van der Waals surface area contributed by atoms with Crippen molar-refractivity contribution in [3.63, 3.8) is 0 Å². The smallest absolute Gasteiger partial charge is 0.236 e. The van der Waals surface area contributed by atoms with E-state index in [1.807, 2.05) is 23.6 Å². The Balaban J connectivity index is 2.10. The van der Waals surface area contributed by atoms with Crippen LogP contribution in [0.5, 0.6) is 0 Å². The molecule has 1 heterocycles. The van der Waals surface area contributed by atoms with Crippen LogP contribution in [0.4, 0.5) is 0 Å². The van der Waals surface area contributed by atoms with Crippen LogP contribution in [-0.4, -0.2) is 60.9 Å². The fourth-order valence-corrected chi connectivity index (χ4v) is 2.20. The molecular formula is C13H25N3O2. The Bertz CT molecular complexity index is 255. The summed E-state index contributed by atoms with van der Waals surface area (Å²) < 4.78 is 0. The molecule has 0 aromatic carbocycles. The second kappa shape index (κ2) is 8.08. The van der Waals surface area contributed by atoms with E-state index in [1.54, 1.807) is 0 Å². The first kappa shape index (κ1) is 15.0. The summed E-state index contributed by atoms with van der Waals surface area (Å²) in [6, 6.07) is 0. The largest absolute Gasteiger partial charge is 0.343 e. The highest BCUT2D eigenvalue weighted by atomic mass is 16.2. The van der Waals surface area contributed by atoms with E-state index >= 15 is 0 Å². The predicted octanol–water partition coefficient (Wildman–Crippen LogP) is 0.457. The number of likely N-dealkylation sites (tertiary alicyclic amines) is 1. The summed E-state index contributed by atoms with van der Waals surface area (Å²) >= 11 is 0. The maximum atomic E-state index is 11.7. The van der Waals surface area contributed by atoms with E-state index in [9.17, 15) is 9.59 Å². The molecule has 104 valence electrons. The van der Waals surface area contributed by atoms with Crippen LogP contribution < -0.4 is 5.32 Å². The molecule has 5 nitrogen and oxygen atoms in total. The number of nitrogens with zero attached hydrogens (tertiary/aromatic N) is 2. The third-order valence-corrected chi connectivity index (χ3v) is 3.37. The van der Waals surface area contributed by atoms with Gasteiger partial charge in [-0.1, -0.05) is 0 Å². The van der Waals surface area contributed by atoms with E-state index in [0.29, 0.717) is 19.5 Å². The minimum absolute atomic E-state index is 0.154. The van der Waals surface area contributed by atoms with Crippen LogP contribution in [-0.2, 0) is 9.59 Å². The van der Waals surface area contributed by atoms with Crippen LogP contribution in [0.2, 0.25) is 0 Å². The first-order chi connectivity index (χ1) is 8.69. The molecule has 18 heavy (non-hydrogen) atoms. The van der Waals surface area contributed by atoms with Gasteiger partial charge >= 0.3 is 0 Å². The molecule has 0 bridgehead atoms. The number of hydrogen-bond acceptors (Lipinski definition) is 3. The lowest BCUT2D eigenvalue weighted by atomic mass is 10.3. The number of nitrogens with one attached hydrogen (secondary N) is 1. The second-order valence-electron chi connectivity index (χ2n) is 4.58. The average Bonchev–Trinajstić information content (AvgIpc) is 2.89. The lowest BCUT2D eigenvalue weighted by molar-refractivity contribution is -0.131. The molecule has 0 unspecified atom stereocenters. The van der Waals surface area contributed by atoms with Crippen molar-refractivity contribution in [3.8, 4) is 0 Å². The molecule has 0 aliphatic carbocycles. The van der Waals surface area contributed by atoms with Gasteiger partial charge in [0.15, 0.2) is 0 Å². The standard InChI is InChI=1S/C13H25N3O2/c1-3-15(4-2)12(17)7-8-14-11-13(18)16-9-5-6-10-16/h14H,3-11H2,1-2H3. The van der Waals surface area contributed by atoms with Crippen molar-refractivity contribution in [2.24, 2.45) is 0 Å². The van der Waals surface area contributed by atoms with Crippen LogP contribution in [0.1, 0.15) is 33.1 Å². The molecule has 1 saturated heterocycles. The zero-order valence-corrected chi connectivity index (χ0v) is 11.6. The topological polar surface area (TPSA) is 52.7 Å². The van der Waals surface area contributed by atoms with Crippen LogP contribution in [0.15, 0.2) is 0 Å². The maximum Gasteiger partial charge on any atom is 0.236 e. The summed E-state index contributed by atoms with van der Waals surface area (Å²) in [4.78, 5) is 27.1. The van der Waals surface area contributed by atoms with Gasteiger partial charge in [0.1, 0.15) is 0 Å². The molecule has 1 aliphatic rings. The van der Waals surface area contributed by atoms with Crippen molar-refractivity contribution in [1.29, 1.82) is 0 Å². The van der Waals surface area contributed by atoms with Crippen molar-refractivity contribution in [1.82, 2.24) is 15.1 Å². The minimum atomic E-state index is 0.154. The van der Waals surface area contributed by atoms with Crippen LogP contribution in [0, 0.1) is 0 Å². The summed E-state index contributed by atoms with van der Waals surface area (Å²) in [6.07, 6.45) is 2.70. The van der Waals surface area contributed by atoms with Crippen molar-refractivity contribution < 1.29 is 9.59 Å². The molecule has 1 aliphatic heterocycles. The van der Waals surface area contributed by atoms with Gasteiger partial charge in [-0.3, -0.25) is 9.59 Å². The van der Waals surface area contributed by atoms with Gasteiger partial charge in [0.05, 0.1) is 6.54 Å². The van der Waals surface area contributed by atoms with Gasteiger partial charge in [0, 0.05) is 39.1 Å². The SMILES string of the molecule is CCN(CC)C(=O)CCNCC(=O)N1CCCC1. The van der Waals surface area contributed by atoms with E-state index in [1.165, 1.54) is 0 Å². The van der Waals surface area contributed by atoms with Gasteiger partial charge in [-0.15, -0.1) is 0 Å². The molecule has 1 N–H and O–H groups in total. The fraction of sp³-hybridized carbons (Fsp3) is 0.846. The van der Waals surface area contributed by atoms with Gasteiger partial charge in [0.2, 0.25) is 11.8 Å². The third kappa shape index (κ3) is 4.64. The molecule has 2 amide bonds. The molecule has 0 saturated carbocycles. The van der Waals surface area contributed by atoms with Gasteiger partial charge < -0.3 is 15.1 Å². The van der Waals surface area contributed by atoms with E-state index in [4.69, 9.17) is 0 Å². The summed E-state index contributed by atoms with van der Waals surface area (Å²) in [5, 5.41) is 3.06. The summed E-state index contributed by atoms with van der Waals surface area (Å²) in [5.41, 5.74) is 0. The normalized spacial score (nSPS) is 14.9. The summed E-state index contributed by atoms with van der Waals surface area (Å²) in [6.45, 7) is 8.17. The van der Waals surface area contributed by atoms with Crippen LogP contribution >= 0.6 is 0 Å². The Labute approximate surface area is 110 Å². The molecule has 1 fully saturated rings. The van der Waals surface area contributed by atoms with Crippen LogP contribution in [0.25, 0.3) is 0 Å². The Hall–Kier alpha value is -1.10. The van der Waals surface area contributed by atoms with Gasteiger partial charge in [-0.05, 0) is 26.7 Å². The van der Waals surface area contributed by atoms with Gasteiger partial charge in [-0.2, -0.15) is 0 Å². The quantitative estimate of drug-likeness (QED) is 0.672.